The van der Waals surface area contributed by atoms with Crippen molar-refractivity contribution in [3.8, 4) is 27.9 Å². The Morgan fingerprint density at radius 1 is 0.583 bits per heavy atom. The second-order valence-electron chi connectivity index (χ2n) is 13.6. The lowest BCUT2D eigenvalue weighted by molar-refractivity contribution is 0.661. The molecule has 2 heterocycles. The van der Waals surface area contributed by atoms with Crippen LogP contribution in [0.3, 0.4) is 0 Å². The molecule has 6 aromatic carbocycles. The molecule has 232 valence electrons. The summed E-state index contributed by atoms with van der Waals surface area (Å²) in [7, 11) is 0. The third-order valence-electron chi connectivity index (χ3n) is 10.6. The second-order valence-corrected chi connectivity index (χ2v) is 13.6. The van der Waals surface area contributed by atoms with E-state index in [1.165, 1.54) is 88.4 Å². The normalized spacial score (nSPS) is 14.1. The van der Waals surface area contributed by atoms with Crippen LogP contribution in [0.15, 0.2) is 146 Å². The first kappa shape index (κ1) is 28.6. The van der Waals surface area contributed by atoms with E-state index in [4.69, 9.17) is 0 Å². The number of fused-ring (bicyclic) bond motifs is 9. The maximum absolute atomic E-state index is 2.49. The van der Waals surface area contributed by atoms with Gasteiger partial charge in [-0.15, -0.1) is 0 Å². The van der Waals surface area contributed by atoms with Gasteiger partial charge in [0.05, 0.1) is 22.1 Å². The zero-order valence-corrected chi connectivity index (χ0v) is 28.0. The lowest BCUT2D eigenvalue weighted by Crippen LogP contribution is -2.14. The van der Waals surface area contributed by atoms with Crippen LogP contribution >= 0.6 is 0 Å². The fourth-order valence-corrected chi connectivity index (χ4v) is 8.27. The minimum atomic E-state index is -0.0670. The van der Waals surface area contributed by atoms with Crippen LogP contribution in [0.5, 0.6) is 0 Å². The molecule has 1 aliphatic carbocycles. The lowest BCUT2D eigenvalue weighted by atomic mass is 9.82. The Bertz CT molecular complexity index is 2620. The number of para-hydroxylation sites is 1. The molecule has 9 rings (SSSR count). The number of hydrogen-bond donors (Lipinski definition) is 0. The molecule has 0 unspecified atom stereocenters. The molecular weight excluding hydrogens is 581 g/mol. The van der Waals surface area contributed by atoms with Gasteiger partial charge in [-0.05, 0) is 101 Å². The predicted octanol–water partition coefficient (Wildman–Crippen LogP) is 12.7. The summed E-state index contributed by atoms with van der Waals surface area (Å²) in [5.74, 6) is 0. The van der Waals surface area contributed by atoms with Crippen LogP contribution in [0.4, 0.5) is 0 Å². The molecule has 0 spiro atoms. The van der Waals surface area contributed by atoms with Crippen LogP contribution in [0, 0.1) is 0 Å². The third kappa shape index (κ3) is 4.05. The number of rotatable bonds is 5. The van der Waals surface area contributed by atoms with Crippen molar-refractivity contribution in [2.75, 3.05) is 0 Å². The number of allylic oxidation sites excluding steroid dienone is 4. The van der Waals surface area contributed by atoms with E-state index in [-0.39, 0.29) is 5.41 Å². The molecule has 2 aromatic heterocycles. The standard InChI is InChI=1S/C46H38N2/c1-5-7-17-32(6-2)47-43-24-22-31(30-15-9-8-10-16-30)26-37(43)38-27-33(23-25-44(38)47)48-42-21-14-12-19-35(42)39-28-36-34-18-11-13-20-40(34)46(3,4)41(36)29-45(39)48/h5,7-29H,6H2,1-4H3/b7-5-,32-17+. The zero-order valence-electron chi connectivity index (χ0n) is 28.0. The summed E-state index contributed by atoms with van der Waals surface area (Å²) in [6.07, 6.45) is 7.44. The molecule has 0 radical (unpaired) electrons. The van der Waals surface area contributed by atoms with Crippen molar-refractivity contribution < 1.29 is 0 Å². The third-order valence-corrected chi connectivity index (χ3v) is 10.6. The highest BCUT2D eigenvalue weighted by molar-refractivity contribution is 6.14. The number of benzene rings is 6. The van der Waals surface area contributed by atoms with Crippen LogP contribution in [0.1, 0.15) is 45.2 Å². The number of aromatic nitrogens is 2. The first-order chi connectivity index (χ1) is 23.5. The van der Waals surface area contributed by atoms with E-state index in [2.05, 4.69) is 182 Å². The van der Waals surface area contributed by atoms with Crippen molar-refractivity contribution in [2.45, 2.75) is 39.5 Å². The summed E-state index contributed by atoms with van der Waals surface area (Å²) in [6, 6.07) is 47.5. The van der Waals surface area contributed by atoms with Crippen molar-refractivity contribution in [2.24, 2.45) is 0 Å². The van der Waals surface area contributed by atoms with Gasteiger partial charge in [0.15, 0.2) is 0 Å². The quantitative estimate of drug-likeness (QED) is 0.170. The summed E-state index contributed by atoms with van der Waals surface area (Å²) in [5.41, 5.74) is 15.3. The van der Waals surface area contributed by atoms with Gasteiger partial charge in [-0.1, -0.05) is 112 Å². The zero-order chi connectivity index (χ0) is 32.6. The Morgan fingerprint density at radius 3 is 2.10 bits per heavy atom. The van der Waals surface area contributed by atoms with Gasteiger partial charge in [-0.3, -0.25) is 0 Å². The average Bonchev–Trinajstić information content (AvgIpc) is 3.71. The molecular formula is C46H38N2. The topological polar surface area (TPSA) is 9.86 Å². The number of nitrogens with zero attached hydrogens (tertiary/aromatic N) is 2. The van der Waals surface area contributed by atoms with Crippen molar-refractivity contribution in [3.63, 3.8) is 0 Å². The van der Waals surface area contributed by atoms with Gasteiger partial charge in [0, 0.05) is 38.3 Å². The Labute approximate surface area is 281 Å². The molecule has 1 aliphatic rings. The maximum Gasteiger partial charge on any atom is 0.0544 e. The average molecular weight is 619 g/mol. The summed E-state index contributed by atoms with van der Waals surface area (Å²) in [5, 5.41) is 5.12. The first-order valence-electron chi connectivity index (χ1n) is 17.1. The largest absolute Gasteiger partial charge is 0.313 e. The van der Waals surface area contributed by atoms with Gasteiger partial charge in [0.1, 0.15) is 0 Å². The van der Waals surface area contributed by atoms with Gasteiger partial charge in [0.2, 0.25) is 0 Å². The molecule has 48 heavy (non-hydrogen) atoms. The summed E-state index contributed by atoms with van der Waals surface area (Å²) < 4.78 is 4.95. The van der Waals surface area contributed by atoms with Gasteiger partial charge in [-0.2, -0.15) is 0 Å². The van der Waals surface area contributed by atoms with Crippen LogP contribution in [0.25, 0.3) is 77.2 Å². The molecule has 8 aromatic rings. The van der Waals surface area contributed by atoms with Gasteiger partial charge in [0.25, 0.3) is 0 Å². The molecule has 0 N–H and O–H groups in total. The second kappa shape index (κ2) is 10.7. The van der Waals surface area contributed by atoms with Crippen LogP contribution in [-0.4, -0.2) is 9.13 Å². The van der Waals surface area contributed by atoms with E-state index < -0.39 is 0 Å². The predicted molar refractivity (Wildman–Crippen MR) is 206 cm³/mol. The first-order valence-corrected chi connectivity index (χ1v) is 17.1. The van der Waals surface area contributed by atoms with Crippen molar-refractivity contribution in [1.82, 2.24) is 9.13 Å². The SMILES string of the molecule is C/C=C\C=C(/CC)n1c2ccc(-c3ccccc3)cc2c2cc(-n3c4ccccc4c4cc5c(cc43)C(C)(C)c3ccccc3-5)ccc21. The highest BCUT2D eigenvalue weighted by atomic mass is 15.0. The molecule has 0 amide bonds. The molecule has 2 heteroatoms. The molecule has 0 aliphatic heterocycles. The fraction of sp³-hybridized carbons (Fsp3) is 0.130. The van der Waals surface area contributed by atoms with E-state index in [9.17, 15) is 0 Å². The summed E-state index contributed by atoms with van der Waals surface area (Å²) in [4.78, 5) is 0. The molecule has 0 fully saturated rings. The minimum absolute atomic E-state index is 0.0670. The molecule has 0 atom stereocenters. The fourth-order valence-electron chi connectivity index (χ4n) is 8.27. The maximum atomic E-state index is 2.49. The smallest absolute Gasteiger partial charge is 0.0544 e. The summed E-state index contributed by atoms with van der Waals surface area (Å²) in [6.45, 7) is 9.06. The van der Waals surface area contributed by atoms with Crippen LogP contribution < -0.4 is 0 Å². The Balaban J connectivity index is 1.35. The highest BCUT2D eigenvalue weighted by Gasteiger charge is 2.36. The van der Waals surface area contributed by atoms with E-state index >= 15 is 0 Å². The number of hydrogen-bond acceptors (Lipinski definition) is 0. The van der Waals surface area contributed by atoms with E-state index in [1.54, 1.807) is 0 Å². The van der Waals surface area contributed by atoms with Gasteiger partial charge < -0.3 is 9.13 Å². The van der Waals surface area contributed by atoms with Crippen molar-refractivity contribution in [3.05, 3.63) is 157 Å². The Hall–Kier alpha value is -5.60. The minimum Gasteiger partial charge on any atom is -0.313 e. The summed E-state index contributed by atoms with van der Waals surface area (Å²) >= 11 is 0. The van der Waals surface area contributed by atoms with Crippen LogP contribution in [0.2, 0.25) is 0 Å². The van der Waals surface area contributed by atoms with Crippen LogP contribution in [-0.2, 0) is 5.41 Å². The van der Waals surface area contributed by atoms with Crippen molar-refractivity contribution in [1.29, 1.82) is 0 Å². The Morgan fingerprint density at radius 2 is 1.29 bits per heavy atom. The van der Waals surface area contributed by atoms with Gasteiger partial charge >= 0.3 is 0 Å². The lowest BCUT2D eigenvalue weighted by Gasteiger charge is -2.21. The highest BCUT2D eigenvalue weighted by Crippen LogP contribution is 2.51. The molecule has 0 saturated heterocycles. The van der Waals surface area contributed by atoms with E-state index in [0.29, 0.717) is 0 Å². The molecule has 2 nitrogen and oxygen atoms in total. The van der Waals surface area contributed by atoms with E-state index in [0.717, 1.165) is 6.42 Å². The molecule has 0 bridgehead atoms. The van der Waals surface area contributed by atoms with Gasteiger partial charge in [-0.25, -0.2) is 0 Å². The monoisotopic (exact) mass is 618 g/mol. The molecule has 0 saturated carbocycles. The Kier molecular flexibility index (Phi) is 6.39. The van der Waals surface area contributed by atoms with E-state index in [1.807, 2.05) is 0 Å². The van der Waals surface area contributed by atoms with Crippen molar-refractivity contribution >= 4 is 49.3 Å².